The number of hydrogen-bond donors (Lipinski definition) is 0. The van der Waals surface area contributed by atoms with E-state index in [1.165, 1.54) is 12.1 Å². The first kappa shape index (κ1) is 17.4. The summed E-state index contributed by atoms with van der Waals surface area (Å²) in [7, 11) is 0. The number of carboxylic acid groups (broad SMARTS) is 2. The van der Waals surface area contributed by atoms with Crippen LogP contribution in [0.25, 0.3) is 0 Å². The van der Waals surface area contributed by atoms with E-state index in [0.717, 1.165) is 11.1 Å². The van der Waals surface area contributed by atoms with Gasteiger partial charge in [0, 0.05) is 11.1 Å². The van der Waals surface area contributed by atoms with Crippen molar-refractivity contribution in [3.8, 4) is 0 Å². The summed E-state index contributed by atoms with van der Waals surface area (Å²) in [6.45, 7) is 0. The summed E-state index contributed by atoms with van der Waals surface area (Å²) >= 11 is 0. The molecule has 3 aromatic carbocycles. The molecule has 0 heterocycles. The van der Waals surface area contributed by atoms with Gasteiger partial charge in [0.1, 0.15) is 0 Å². The molecule has 0 aliphatic carbocycles. The number of benzene rings is 3. The molecule has 0 saturated heterocycles. The van der Waals surface area contributed by atoms with Gasteiger partial charge in [-0.1, -0.05) is 72.8 Å². The van der Waals surface area contributed by atoms with Crippen LogP contribution in [-0.2, 0) is 12.8 Å². The van der Waals surface area contributed by atoms with Gasteiger partial charge in [-0.25, -0.2) is 0 Å². The van der Waals surface area contributed by atoms with Crippen LogP contribution in [0.4, 0.5) is 0 Å². The lowest BCUT2D eigenvalue weighted by atomic mass is 9.88. The highest BCUT2D eigenvalue weighted by atomic mass is 16.4. The molecule has 0 saturated carbocycles. The van der Waals surface area contributed by atoms with Crippen LogP contribution in [0.2, 0.25) is 0 Å². The highest BCUT2D eigenvalue weighted by molar-refractivity contribution is 5.93. The third-order valence-electron chi connectivity index (χ3n) is 4.32. The summed E-state index contributed by atoms with van der Waals surface area (Å²) in [6, 6.07) is 21.2. The third-order valence-corrected chi connectivity index (χ3v) is 4.32. The van der Waals surface area contributed by atoms with Crippen molar-refractivity contribution in [3.63, 3.8) is 0 Å². The van der Waals surface area contributed by atoms with E-state index in [9.17, 15) is 19.8 Å². The minimum absolute atomic E-state index is 0.00443. The Morgan fingerprint density at radius 1 is 0.577 bits per heavy atom. The molecule has 0 atom stereocenters. The molecule has 0 aliphatic rings. The molecule has 0 aromatic heterocycles. The van der Waals surface area contributed by atoms with Crippen molar-refractivity contribution < 1.29 is 19.8 Å². The standard InChI is InChI=1S/C22H18O4/c23-21(24)17-11-12-18(22(25)26)20(14-16-9-5-2-6-10-16)19(17)13-15-7-3-1-4-8-15/h1-12H,13-14H2,(H,23,24)(H,25,26)/p-2. The number of hydrogen-bond acceptors (Lipinski definition) is 4. The Hall–Kier alpha value is -3.40. The molecule has 0 radical (unpaired) electrons. The number of rotatable bonds is 6. The lowest BCUT2D eigenvalue weighted by Crippen LogP contribution is -2.28. The van der Waals surface area contributed by atoms with Crippen LogP contribution in [0.3, 0.4) is 0 Å². The number of carbonyl (C=O) groups excluding carboxylic acids is 2. The number of aromatic carboxylic acids is 2. The quantitative estimate of drug-likeness (QED) is 0.680. The zero-order chi connectivity index (χ0) is 18.5. The van der Waals surface area contributed by atoms with Crippen molar-refractivity contribution >= 4 is 11.9 Å². The first-order valence-electron chi connectivity index (χ1n) is 8.21. The van der Waals surface area contributed by atoms with E-state index in [0.29, 0.717) is 24.0 Å². The Balaban J connectivity index is 2.17. The molecule has 3 aromatic rings. The summed E-state index contributed by atoms with van der Waals surface area (Å²) in [4.78, 5) is 23.2. The largest absolute Gasteiger partial charge is 0.545 e. The summed E-state index contributed by atoms with van der Waals surface area (Å²) < 4.78 is 0. The van der Waals surface area contributed by atoms with Crippen LogP contribution in [0, 0.1) is 0 Å². The Morgan fingerprint density at radius 2 is 0.923 bits per heavy atom. The average molecular weight is 344 g/mol. The van der Waals surface area contributed by atoms with Crippen molar-refractivity contribution in [1.82, 2.24) is 0 Å². The Labute approximate surface area is 151 Å². The Kier molecular flexibility index (Phi) is 5.13. The lowest BCUT2D eigenvalue weighted by molar-refractivity contribution is -0.256. The van der Waals surface area contributed by atoms with Crippen molar-refractivity contribution in [1.29, 1.82) is 0 Å². The van der Waals surface area contributed by atoms with Crippen LogP contribution in [0.15, 0.2) is 72.8 Å². The fraction of sp³-hybridized carbons (Fsp3) is 0.0909. The normalized spacial score (nSPS) is 10.5. The van der Waals surface area contributed by atoms with Gasteiger partial charge in [0.05, 0.1) is 11.9 Å². The second-order valence-electron chi connectivity index (χ2n) is 6.02. The molecular formula is C22H16O4-2. The van der Waals surface area contributed by atoms with Gasteiger partial charge in [0.15, 0.2) is 0 Å². The van der Waals surface area contributed by atoms with Gasteiger partial charge in [-0.05, 0) is 35.1 Å². The maximum absolute atomic E-state index is 11.6. The van der Waals surface area contributed by atoms with Gasteiger partial charge in [0.2, 0.25) is 0 Å². The Bertz CT molecular complexity index is 853. The van der Waals surface area contributed by atoms with Crippen molar-refractivity contribution in [2.45, 2.75) is 12.8 Å². The third kappa shape index (κ3) is 3.81. The molecule has 26 heavy (non-hydrogen) atoms. The van der Waals surface area contributed by atoms with Crippen molar-refractivity contribution in [2.24, 2.45) is 0 Å². The van der Waals surface area contributed by atoms with E-state index in [1.807, 2.05) is 60.7 Å². The highest BCUT2D eigenvalue weighted by Gasteiger charge is 2.16. The molecule has 130 valence electrons. The van der Waals surface area contributed by atoms with E-state index in [4.69, 9.17) is 0 Å². The molecule has 3 rings (SSSR count). The van der Waals surface area contributed by atoms with E-state index in [-0.39, 0.29) is 11.1 Å². The summed E-state index contributed by atoms with van der Waals surface area (Å²) in [5.74, 6) is -2.65. The van der Waals surface area contributed by atoms with Gasteiger partial charge in [-0.15, -0.1) is 0 Å². The van der Waals surface area contributed by atoms with Gasteiger partial charge in [-0.3, -0.25) is 0 Å². The second kappa shape index (κ2) is 7.66. The van der Waals surface area contributed by atoms with Gasteiger partial charge < -0.3 is 19.8 Å². The fourth-order valence-corrected chi connectivity index (χ4v) is 3.08. The van der Waals surface area contributed by atoms with Gasteiger partial charge in [-0.2, -0.15) is 0 Å². The fourth-order valence-electron chi connectivity index (χ4n) is 3.08. The van der Waals surface area contributed by atoms with Gasteiger partial charge >= 0.3 is 0 Å². The predicted octanol–water partition coefficient (Wildman–Crippen LogP) is 1.60. The zero-order valence-corrected chi connectivity index (χ0v) is 14.0. The van der Waals surface area contributed by atoms with Crippen molar-refractivity contribution in [3.05, 3.63) is 106 Å². The minimum atomic E-state index is -1.32. The molecule has 0 unspecified atom stereocenters. The topological polar surface area (TPSA) is 80.3 Å². The summed E-state index contributed by atoms with van der Waals surface area (Å²) in [5, 5.41) is 23.2. The average Bonchev–Trinajstić information content (AvgIpc) is 2.64. The first-order chi connectivity index (χ1) is 12.6. The van der Waals surface area contributed by atoms with E-state index in [2.05, 4.69) is 0 Å². The number of carboxylic acids is 2. The molecule has 0 amide bonds. The van der Waals surface area contributed by atoms with E-state index in [1.54, 1.807) is 0 Å². The maximum Gasteiger partial charge on any atom is 0.0718 e. The van der Waals surface area contributed by atoms with E-state index < -0.39 is 11.9 Å². The molecule has 4 nitrogen and oxygen atoms in total. The van der Waals surface area contributed by atoms with Gasteiger partial charge in [0.25, 0.3) is 0 Å². The molecule has 0 bridgehead atoms. The van der Waals surface area contributed by atoms with E-state index >= 15 is 0 Å². The van der Waals surface area contributed by atoms with Crippen LogP contribution in [0.1, 0.15) is 43.0 Å². The number of carbonyl (C=O) groups is 2. The highest BCUT2D eigenvalue weighted by Crippen LogP contribution is 2.25. The first-order valence-corrected chi connectivity index (χ1v) is 8.21. The molecule has 0 aliphatic heterocycles. The van der Waals surface area contributed by atoms with Crippen molar-refractivity contribution in [2.75, 3.05) is 0 Å². The smallest absolute Gasteiger partial charge is 0.0718 e. The van der Waals surface area contributed by atoms with Crippen LogP contribution in [0.5, 0.6) is 0 Å². The second-order valence-corrected chi connectivity index (χ2v) is 6.02. The SMILES string of the molecule is O=C([O-])c1ccc(C(=O)[O-])c(Cc2ccccc2)c1Cc1ccccc1. The predicted molar refractivity (Wildman–Crippen MR) is 93.6 cm³/mol. The maximum atomic E-state index is 11.6. The molecule has 4 heteroatoms. The summed E-state index contributed by atoms with van der Waals surface area (Å²) in [6.07, 6.45) is 0.598. The van der Waals surface area contributed by atoms with Crippen LogP contribution < -0.4 is 10.2 Å². The summed E-state index contributed by atoms with van der Waals surface area (Å²) in [5.41, 5.74) is 2.68. The monoisotopic (exact) mass is 344 g/mol. The lowest BCUT2D eigenvalue weighted by Gasteiger charge is -2.20. The molecule has 0 spiro atoms. The zero-order valence-electron chi connectivity index (χ0n) is 14.0. The van der Waals surface area contributed by atoms with Crippen LogP contribution >= 0.6 is 0 Å². The Morgan fingerprint density at radius 3 is 1.23 bits per heavy atom. The molecule has 0 N–H and O–H groups in total. The van der Waals surface area contributed by atoms with Crippen LogP contribution in [-0.4, -0.2) is 11.9 Å². The molecule has 0 fully saturated rings. The molecular weight excluding hydrogens is 328 g/mol. The minimum Gasteiger partial charge on any atom is -0.545 e.